The van der Waals surface area contributed by atoms with Crippen LogP contribution in [0.5, 0.6) is 0 Å². The van der Waals surface area contributed by atoms with E-state index in [4.69, 9.17) is 0 Å². The molecule has 38 heavy (non-hydrogen) atoms. The largest absolute Gasteiger partial charge is 0.386 e. The van der Waals surface area contributed by atoms with E-state index in [0.29, 0.717) is 18.2 Å². The SMILES string of the molecule is CC/C1=C(\C(=O)NCc2ccc(N3CCC(c4ccc(F)cc4)CC3)cc2)N2C=CC(C)=C/C2=C\CCN1. The van der Waals surface area contributed by atoms with Crippen LogP contribution in [0.3, 0.4) is 0 Å². The van der Waals surface area contributed by atoms with Gasteiger partial charge in [-0.25, -0.2) is 4.39 Å². The fraction of sp³-hybridized carbons (Fsp3) is 0.344. The molecule has 3 heterocycles. The van der Waals surface area contributed by atoms with Crippen molar-refractivity contribution in [3.05, 3.63) is 113 Å². The number of hydrogen-bond donors (Lipinski definition) is 2. The highest BCUT2D eigenvalue weighted by molar-refractivity contribution is 5.94. The number of rotatable bonds is 6. The van der Waals surface area contributed by atoms with Crippen LogP contribution in [0.4, 0.5) is 10.1 Å². The fourth-order valence-corrected chi connectivity index (χ4v) is 5.50. The number of fused-ring (bicyclic) bond motifs is 1. The predicted molar refractivity (Wildman–Crippen MR) is 152 cm³/mol. The fourth-order valence-electron chi connectivity index (χ4n) is 5.50. The van der Waals surface area contributed by atoms with Gasteiger partial charge in [-0.2, -0.15) is 0 Å². The molecule has 0 aliphatic carbocycles. The highest BCUT2D eigenvalue weighted by Crippen LogP contribution is 2.31. The zero-order valence-corrected chi connectivity index (χ0v) is 22.3. The molecule has 0 unspecified atom stereocenters. The first-order chi connectivity index (χ1) is 18.5. The zero-order chi connectivity index (χ0) is 26.5. The lowest BCUT2D eigenvalue weighted by molar-refractivity contribution is -0.118. The molecule has 3 aliphatic heterocycles. The summed E-state index contributed by atoms with van der Waals surface area (Å²) in [5.74, 6) is 0.228. The van der Waals surface area contributed by atoms with Crippen LogP contribution in [-0.4, -0.2) is 30.4 Å². The third-order valence-electron chi connectivity index (χ3n) is 7.66. The van der Waals surface area contributed by atoms with Crippen molar-refractivity contribution in [3.8, 4) is 0 Å². The molecular weight excluding hydrogens is 475 g/mol. The maximum atomic E-state index is 13.5. The lowest BCUT2D eigenvalue weighted by Gasteiger charge is -2.34. The van der Waals surface area contributed by atoms with Crippen molar-refractivity contribution in [3.63, 3.8) is 0 Å². The van der Waals surface area contributed by atoms with Gasteiger partial charge in [0.05, 0.1) is 0 Å². The Labute approximate surface area is 225 Å². The Morgan fingerprint density at radius 2 is 1.82 bits per heavy atom. The highest BCUT2D eigenvalue weighted by Gasteiger charge is 2.25. The van der Waals surface area contributed by atoms with Gasteiger partial charge in [0.15, 0.2) is 0 Å². The molecule has 0 bridgehead atoms. The molecule has 1 fully saturated rings. The summed E-state index contributed by atoms with van der Waals surface area (Å²) >= 11 is 0. The molecule has 0 aromatic heterocycles. The van der Waals surface area contributed by atoms with E-state index < -0.39 is 0 Å². The van der Waals surface area contributed by atoms with Gasteiger partial charge in [-0.3, -0.25) is 4.79 Å². The Morgan fingerprint density at radius 3 is 2.53 bits per heavy atom. The molecule has 0 saturated carbocycles. The number of anilines is 1. The number of halogens is 1. The van der Waals surface area contributed by atoms with Crippen LogP contribution in [0.1, 0.15) is 56.6 Å². The smallest absolute Gasteiger partial charge is 0.270 e. The van der Waals surface area contributed by atoms with Crippen molar-refractivity contribution in [2.24, 2.45) is 0 Å². The second-order valence-electron chi connectivity index (χ2n) is 10.3. The predicted octanol–water partition coefficient (Wildman–Crippen LogP) is 6.10. The van der Waals surface area contributed by atoms with Gasteiger partial charge in [0.2, 0.25) is 0 Å². The third-order valence-corrected chi connectivity index (χ3v) is 7.66. The van der Waals surface area contributed by atoms with Crippen LogP contribution in [-0.2, 0) is 11.3 Å². The van der Waals surface area contributed by atoms with Crippen LogP contribution < -0.4 is 15.5 Å². The normalized spacial score (nSPS) is 21.4. The van der Waals surface area contributed by atoms with Gasteiger partial charge < -0.3 is 20.4 Å². The first kappa shape index (κ1) is 25.8. The summed E-state index contributed by atoms with van der Waals surface area (Å²) in [5, 5.41) is 6.61. The minimum Gasteiger partial charge on any atom is -0.386 e. The second kappa shape index (κ2) is 11.7. The quantitative estimate of drug-likeness (QED) is 0.491. The van der Waals surface area contributed by atoms with Crippen molar-refractivity contribution in [1.82, 2.24) is 15.5 Å². The molecule has 1 saturated heterocycles. The van der Waals surface area contributed by atoms with Gasteiger partial charge in [-0.05, 0) is 91.6 Å². The van der Waals surface area contributed by atoms with Gasteiger partial charge in [0.1, 0.15) is 11.5 Å². The van der Waals surface area contributed by atoms with Gasteiger partial charge in [-0.1, -0.05) is 37.3 Å². The standard InChI is InChI=1S/C32H37FN4O/c1-3-30-31(37-20-14-23(2)21-29(37)5-4-17-34-30)32(38)35-22-24-6-12-28(13-7-24)36-18-15-26(16-19-36)25-8-10-27(33)11-9-25/h5-14,20-21,26,34H,3-4,15-19,22H2,1-2H3,(H,35,38)/b29-5+,31-30-. The maximum absolute atomic E-state index is 13.5. The number of nitrogens with one attached hydrogen (secondary N) is 2. The highest BCUT2D eigenvalue weighted by atomic mass is 19.1. The number of nitrogens with zero attached hydrogens (tertiary/aromatic N) is 2. The number of allylic oxidation sites excluding steroid dienone is 4. The molecule has 198 valence electrons. The average molecular weight is 513 g/mol. The van der Waals surface area contributed by atoms with E-state index in [-0.39, 0.29) is 11.7 Å². The Balaban J connectivity index is 1.20. The van der Waals surface area contributed by atoms with Crippen molar-refractivity contribution >= 4 is 11.6 Å². The van der Waals surface area contributed by atoms with E-state index in [0.717, 1.165) is 62.3 Å². The first-order valence-corrected chi connectivity index (χ1v) is 13.7. The molecule has 2 aromatic carbocycles. The van der Waals surface area contributed by atoms with Crippen molar-refractivity contribution < 1.29 is 9.18 Å². The second-order valence-corrected chi connectivity index (χ2v) is 10.3. The van der Waals surface area contributed by atoms with Gasteiger partial charge >= 0.3 is 0 Å². The van der Waals surface area contributed by atoms with Crippen LogP contribution in [0.15, 0.2) is 95.6 Å². The Bertz CT molecular complexity index is 1270. The van der Waals surface area contributed by atoms with E-state index >= 15 is 0 Å². The summed E-state index contributed by atoms with van der Waals surface area (Å²) in [5.41, 5.74) is 7.36. The van der Waals surface area contributed by atoms with Gasteiger partial charge in [0, 0.05) is 49.5 Å². The first-order valence-electron chi connectivity index (χ1n) is 13.7. The van der Waals surface area contributed by atoms with Crippen molar-refractivity contribution in [1.29, 1.82) is 0 Å². The lowest BCUT2D eigenvalue weighted by atomic mass is 9.89. The van der Waals surface area contributed by atoms with Crippen molar-refractivity contribution in [2.45, 2.75) is 52.0 Å². The topological polar surface area (TPSA) is 47.6 Å². The number of amides is 1. The molecule has 1 amide bonds. The number of hydrogen-bond acceptors (Lipinski definition) is 4. The minimum absolute atomic E-state index is 0.0771. The molecule has 0 radical (unpaired) electrons. The summed E-state index contributed by atoms with van der Waals surface area (Å²) in [6, 6.07) is 15.5. The molecule has 5 rings (SSSR count). The summed E-state index contributed by atoms with van der Waals surface area (Å²) in [6.07, 6.45) is 12.1. The number of carbonyl (C=O) groups is 1. The number of piperidine rings is 1. The molecule has 0 atom stereocenters. The van der Waals surface area contributed by atoms with E-state index in [1.807, 2.05) is 29.3 Å². The molecule has 6 heteroatoms. The minimum atomic E-state index is -0.177. The van der Waals surface area contributed by atoms with Gasteiger partial charge in [0.25, 0.3) is 5.91 Å². The Morgan fingerprint density at radius 1 is 1.08 bits per heavy atom. The third kappa shape index (κ3) is 5.85. The summed E-state index contributed by atoms with van der Waals surface area (Å²) in [4.78, 5) is 17.9. The van der Waals surface area contributed by atoms with Crippen LogP contribution in [0.2, 0.25) is 0 Å². The maximum Gasteiger partial charge on any atom is 0.270 e. The molecule has 2 aromatic rings. The number of benzene rings is 2. The van der Waals surface area contributed by atoms with Crippen LogP contribution >= 0.6 is 0 Å². The molecule has 5 nitrogen and oxygen atoms in total. The summed E-state index contributed by atoms with van der Waals surface area (Å²) in [7, 11) is 0. The Kier molecular flexibility index (Phi) is 7.97. The van der Waals surface area contributed by atoms with Crippen molar-refractivity contribution in [2.75, 3.05) is 24.5 Å². The Hall–Kier alpha value is -3.80. The monoisotopic (exact) mass is 512 g/mol. The van der Waals surface area contributed by atoms with E-state index in [1.54, 1.807) is 12.1 Å². The number of carbonyl (C=O) groups excluding carboxylic acids is 1. The average Bonchev–Trinajstić information content (AvgIpc) is 2.93. The molecular formula is C32H37FN4O. The molecule has 3 aliphatic rings. The van der Waals surface area contributed by atoms with Crippen LogP contribution in [0, 0.1) is 5.82 Å². The molecule has 2 N–H and O–H groups in total. The lowest BCUT2D eigenvalue weighted by Crippen LogP contribution is -2.37. The van der Waals surface area contributed by atoms with Crippen LogP contribution in [0.25, 0.3) is 0 Å². The van der Waals surface area contributed by atoms with E-state index in [2.05, 4.69) is 65.8 Å². The van der Waals surface area contributed by atoms with E-state index in [1.165, 1.54) is 16.8 Å². The van der Waals surface area contributed by atoms with E-state index in [9.17, 15) is 9.18 Å². The van der Waals surface area contributed by atoms with Gasteiger partial charge in [-0.15, -0.1) is 0 Å². The molecule has 0 spiro atoms. The summed E-state index contributed by atoms with van der Waals surface area (Å²) in [6.45, 7) is 7.40. The zero-order valence-electron chi connectivity index (χ0n) is 22.3. The summed E-state index contributed by atoms with van der Waals surface area (Å²) < 4.78 is 13.3.